The van der Waals surface area contributed by atoms with Crippen molar-refractivity contribution in [2.45, 2.75) is 32.9 Å². The fraction of sp³-hybridized carbons (Fsp3) is 0.333. The van der Waals surface area contributed by atoms with Crippen molar-refractivity contribution in [1.29, 1.82) is 0 Å². The third-order valence-electron chi connectivity index (χ3n) is 3.40. The van der Waals surface area contributed by atoms with Crippen molar-refractivity contribution in [1.82, 2.24) is 5.32 Å². The standard InChI is InChI=1S/C18H21NO5/c1-12(2)10-15(18(21)22)19-17(20)16-13(8-9-23-16)11-24-14-6-4-3-5-7-14/h3-9,12,15H,10-11H2,1-2H3,(H,19,20)(H,21,22)/t15-/m1/s1. The average Bonchev–Trinajstić information content (AvgIpc) is 3.01. The van der Waals surface area contributed by atoms with Gasteiger partial charge in [0, 0.05) is 5.56 Å². The van der Waals surface area contributed by atoms with Gasteiger partial charge < -0.3 is 19.6 Å². The molecule has 0 fully saturated rings. The molecule has 0 spiro atoms. The predicted octanol–water partition coefficient (Wildman–Crippen LogP) is 3.09. The summed E-state index contributed by atoms with van der Waals surface area (Å²) in [4.78, 5) is 23.6. The molecule has 0 bridgehead atoms. The number of benzene rings is 1. The van der Waals surface area contributed by atoms with E-state index in [4.69, 9.17) is 9.15 Å². The predicted molar refractivity (Wildman–Crippen MR) is 87.8 cm³/mol. The average molecular weight is 331 g/mol. The van der Waals surface area contributed by atoms with Crippen LogP contribution in [0.5, 0.6) is 5.75 Å². The molecule has 1 atom stereocenters. The van der Waals surface area contributed by atoms with Gasteiger partial charge in [0.1, 0.15) is 18.4 Å². The fourth-order valence-electron chi connectivity index (χ4n) is 2.24. The van der Waals surface area contributed by atoms with Gasteiger partial charge in [-0.2, -0.15) is 0 Å². The molecule has 24 heavy (non-hydrogen) atoms. The minimum Gasteiger partial charge on any atom is -0.489 e. The number of hydrogen-bond acceptors (Lipinski definition) is 4. The first kappa shape index (κ1) is 17.6. The number of carboxylic acid groups (broad SMARTS) is 1. The van der Waals surface area contributed by atoms with Gasteiger partial charge in [-0.25, -0.2) is 4.79 Å². The maximum atomic E-state index is 12.3. The Balaban J connectivity index is 2.02. The summed E-state index contributed by atoms with van der Waals surface area (Å²) in [6, 6.07) is 9.88. The number of carbonyl (C=O) groups excluding carboxylic acids is 1. The summed E-state index contributed by atoms with van der Waals surface area (Å²) in [6.45, 7) is 3.95. The van der Waals surface area contributed by atoms with Crippen LogP contribution in [0.3, 0.4) is 0 Å². The Kier molecular flexibility index (Phi) is 6.01. The number of ether oxygens (including phenoxy) is 1. The van der Waals surface area contributed by atoms with Gasteiger partial charge in [0.2, 0.25) is 0 Å². The van der Waals surface area contributed by atoms with E-state index in [1.54, 1.807) is 6.07 Å². The molecule has 0 saturated heterocycles. The van der Waals surface area contributed by atoms with Gasteiger partial charge >= 0.3 is 5.97 Å². The maximum absolute atomic E-state index is 12.3. The number of aliphatic carboxylic acids is 1. The number of carbonyl (C=O) groups is 2. The second-order valence-electron chi connectivity index (χ2n) is 5.87. The highest BCUT2D eigenvalue weighted by atomic mass is 16.5. The summed E-state index contributed by atoms with van der Waals surface area (Å²) in [5, 5.41) is 11.7. The SMILES string of the molecule is CC(C)C[C@@H](NC(=O)c1occc1COc1ccccc1)C(=O)O. The smallest absolute Gasteiger partial charge is 0.326 e. The Labute approximate surface area is 140 Å². The second kappa shape index (κ2) is 8.19. The molecule has 1 amide bonds. The van der Waals surface area contributed by atoms with E-state index in [0.29, 0.717) is 17.7 Å². The minimum absolute atomic E-state index is 0.0703. The number of furan rings is 1. The monoisotopic (exact) mass is 331 g/mol. The lowest BCUT2D eigenvalue weighted by atomic mass is 10.0. The molecule has 6 nitrogen and oxygen atoms in total. The number of amides is 1. The van der Waals surface area contributed by atoms with Crippen molar-refractivity contribution < 1.29 is 23.8 Å². The van der Waals surface area contributed by atoms with Gasteiger partial charge in [-0.15, -0.1) is 0 Å². The molecule has 0 aliphatic heterocycles. The summed E-state index contributed by atoms with van der Waals surface area (Å²) < 4.78 is 10.8. The molecule has 1 aromatic carbocycles. The van der Waals surface area contributed by atoms with Gasteiger partial charge in [0.05, 0.1) is 6.26 Å². The molecule has 1 aromatic heterocycles. The minimum atomic E-state index is -1.06. The molecule has 0 aliphatic carbocycles. The zero-order valence-corrected chi connectivity index (χ0v) is 13.7. The molecule has 6 heteroatoms. The van der Waals surface area contributed by atoms with Crippen LogP contribution in [0.15, 0.2) is 47.1 Å². The van der Waals surface area contributed by atoms with Crippen LogP contribution in [-0.4, -0.2) is 23.0 Å². The van der Waals surface area contributed by atoms with Crippen LogP contribution in [0.2, 0.25) is 0 Å². The molecule has 1 heterocycles. The van der Waals surface area contributed by atoms with Crippen molar-refractivity contribution in [2.24, 2.45) is 5.92 Å². The number of nitrogens with one attached hydrogen (secondary N) is 1. The quantitative estimate of drug-likeness (QED) is 0.776. The van der Waals surface area contributed by atoms with E-state index in [2.05, 4.69) is 5.32 Å². The van der Waals surface area contributed by atoms with Crippen molar-refractivity contribution >= 4 is 11.9 Å². The molecule has 0 radical (unpaired) electrons. The van der Waals surface area contributed by atoms with Crippen LogP contribution >= 0.6 is 0 Å². The third-order valence-corrected chi connectivity index (χ3v) is 3.40. The maximum Gasteiger partial charge on any atom is 0.326 e. The molecule has 2 rings (SSSR count). The summed E-state index contributed by atoms with van der Waals surface area (Å²) in [6.07, 6.45) is 1.73. The molecule has 0 unspecified atom stereocenters. The molecular formula is C18H21NO5. The zero-order valence-electron chi connectivity index (χ0n) is 13.7. The van der Waals surface area contributed by atoms with Gasteiger partial charge in [-0.3, -0.25) is 4.79 Å². The van der Waals surface area contributed by atoms with Crippen LogP contribution in [0.1, 0.15) is 36.4 Å². The van der Waals surface area contributed by atoms with Gasteiger partial charge in [-0.1, -0.05) is 32.0 Å². The van der Waals surface area contributed by atoms with E-state index >= 15 is 0 Å². The lowest BCUT2D eigenvalue weighted by Gasteiger charge is -2.16. The van der Waals surface area contributed by atoms with E-state index in [1.165, 1.54) is 6.26 Å². The lowest BCUT2D eigenvalue weighted by Crippen LogP contribution is -2.41. The van der Waals surface area contributed by atoms with Crippen molar-refractivity contribution in [2.75, 3.05) is 0 Å². The van der Waals surface area contributed by atoms with Crippen molar-refractivity contribution in [3.63, 3.8) is 0 Å². The van der Waals surface area contributed by atoms with E-state index in [-0.39, 0.29) is 18.3 Å². The van der Waals surface area contributed by atoms with E-state index < -0.39 is 17.9 Å². The number of hydrogen-bond donors (Lipinski definition) is 2. The van der Waals surface area contributed by atoms with Crippen LogP contribution in [0.25, 0.3) is 0 Å². The normalized spacial score (nSPS) is 12.0. The van der Waals surface area contributed by atoms with Gasteiger partial charge in [0.15, 0.2) is 5.76 Å². The third kappa shape index (κ3) is 4.87. The molecule has 2 N–H and O–H groups in total. The van der Waals surface area contributed by atoms with E-state index in [0.717, 1.165) is 0 Å². The first-order valence-electron chi connectivity index (χ1n) is 7.75. The topological polar surface area (TPSA) is 88.8 Å². The summed E-state index contributed by atoms with van der Waals surface area (Å²) in [5.41, 5.74) is 0.560. The highest BCUT2D eigenvalue weighted by Crippen LogP contribution is 2.16. The number of para-hydroxylation sites is 1. The Bertz CT molecular complexity index is 678. The number of rotatable bonds is 8. The highest BCUT2D eigenvalue weighted by Gasteiger charge is 2.24. The van der Waals surface area contributed by atoms with Crippen LogP contribution < -0.4 is 10.1 Å². The zero-order chi connectivity index (χ0) is 17.5. The largest absolute Gasteiger partial charge is 0.489 e. The van der Waals surface area contributed by atoms with Gasteiger partial charge in [0.25, 0.3) is 5.91 Å². The molecule has 0 aliphatic rings. The first-order valence-corrected chi connectivity index (χ1v) is 7.75. The Hall–Kier alpha value is -2.76. The second-order valence-corrected chi connectivity index (χ2v) is 5.87. The molecule has 0 saturated carbocycles. The molecule has 128 valence electrons. The van der Waals surface area contributed by atoms with Crippen molar-refractivity contribution in [3.8, 4) is 5.75 Å². The highest BCUT2D eigenvalue weighted by molar-refractivity contribution is 5.95. The van der Waals surface area contributed by atoms with E-state index in [9.17, 15) is 14.7 Å². The Morgan fingerprint density at radius 1 is 1.21 bits per heavy atom. The Morgan fingerprint density at radius 2 is 1.92 bits per heavy atom. The fourth-order valence-corrected chi connectivity index (χ4v) is 2.24. The summed E-state index contributed by atoms with van der Waals surface area (Å²) >= 11 is 0. The van der Waals surface area contributed by atoms with Crippen LogP contribution in [0, 0.1) is 5.92 Å². The molecular weight excluding hydrogens is 310 g/mol. The lowest BCUT2D eigenvalue weighted by molar-refractivity contribution is -0.139. The van der Waals surface area contributed by atoms with Gasteiger partial charge in [-0.05, 0) is 30.5 Å². The number of carboxylic acids is 1. The molecule has 2 aromatic rings. The van der Waals surface area contributed by atoms with E-state index in [1.807, 2.05) is 44.2 Å². The summed E-state index contributed by atoms with van der Waals surface area (Å²) in [5.74, 6) is -0.733. The summed E-state index contributed by atoms with van der Waals surface area (Å²) in [7, 11) is 0. The first-order chi connectivity index (χ1) is 11.5. The van der Waals surface area contributed by atoms with Crippen molar-refractivity contribution in [3.05, 3.63) is 54.0 Å². The van der Waals surface area contributed by atoms with Crippen LogP contribution in [0.4, 0.5) is 0 Å². The van der Waals surface area contributed by atoms with Crippen LogP contribution in [-0.2, 0) is 11.4 Å². The Morgan fingerprint density at radius 3 is 2.54 bits per heavy atom.